The van der Waals surface area contributed by atoms with Crippen LogP contribution in [0.25, 0.3) is 11.3 Å². The molecule has 4 aromatic rings. The lowest BCUT2D eigenvalue weighted by Crippen LogP contribution is -2.03. The fourth-order valence-electron chi connectivity index (χ4n) is 2.71. The third kappa shape index (κ3) is 6.11. The highest BCUT2D eigenvalue weighted by Crippen LogP contribution is 2.30. The zero-order valence-corrected chi connectivity index (χ0v) is 19.2. The van der Waals surface area contributed by atoms with Gasteiger partial charge in [0, 0.05) is 26.4 Å². The average Bonchev–Trinajstić information content (AvgIpc) is 2.79. The summed E-state index contributed by atoms with van der Waals surface area (Å²) in [4.78, 5) is 4.62. The molecular weight excluding hydrogens is 473 g/mol. The van der Waals surface area contributed by atoms with Gasteiger partial charge in [-0.05, 0) is 47.5 Å². The van der Waals surface area contributed by atoms with Gasteiger partial charge in [0.15, 0.2) is 5.69 Å². The van der Waals surface area contributed by atoms with E-state index < -0.39 is 0 Å². The molecule has 0 saturated carbocycles. The van der Waals surface area contributed by atoms with Crippen molar-refractivity contribution in [2.45, 2.75) is 17.5 Å². The van der Waals surface area contributed by atoms with Crippen LogP contribution in [0.15, 0.2) is 78.0 Å². The number of rotatable bonds is 7. The van der Waals surface area contributed by atoms with Gasteiger partial charge in [-0.25, -0.2) is 0 Å². The zero-order chi connectivity index (χ0) is 21.6. The number of hydrogen-bond acceptors (Lipinski definition) is 5. The molecule has 3 aromatic carbocycles. The van der Waals surface area contributed by atoms with E-state index in [1.54, 1.807) is 12.1 Å². The normalized spacial score (nSPS) is 10.8. The van der Waals surface area contributed by atoms with Crippen LogP contribution >= 0.6 is 46.6 Å². The molecule has 0 atom stereocenters. The van der Waals surface area contributed by atoms with Gasteiger partial charge in [0.05, 0.1) is 0 Å². The second-order valence-corrected chi connectivity index (χ2v) is 8.84. The number of thioether (sulfide) groups is 1. The van der Waals surface area contributed by atoms with Gasteiger partial charge >= 0.3 is 0 Å². The summed E-state index contributed by atoms with van der Waals surface area (Å²) in [7, 11) is 0. The van der Waals surface area contributed by atoms with Crippen LogP contribution in [-0.2, 0) is 12.4 Å². The Bertz CT molecular complexity index is 1150. The fourth-order valence-corrected chi connectivity index (χ4v) is 3.82. The van der Waals surface area contributed by atoms with E-state index in [0.29, 0.717) is 44.2 Å². The molecule has 0 spiro atoms. The molecule has 0 fully saturated rings. The van der Waals surface area contributed by atoms with Crippen molar-refractivity contribution < 1.29 is 4.74 Å². The molecule has 0 bridgehead atoms. The molecule has 4 nitrogen and oxygen atoms in total. The largest absolute Gasteiger partial charge is 0.471 e. The summed E-state index contributed by atoms with van der Waals surface area (Å²) >= 11 is 19.4. The fraction of sp³-hybridized carbons (Fsp3) is 0.0870. The van der Waals surface area contributed by atoms with Crippen LogP contribution in [0.5, 0.6) is 5.88 Å². The quantitative estimate of drug-likeness (QED) is 0.254. The molecule has 0 radical (unpaired) electrons. The molecule has 8 heteroatoms. The lowest BCUT2D eigenvalue weighted by Gasteiger charge is -2.11. The van der Waals surface area contributed by atoms with Crippen molar-refractivity contribution in [2.24, 2.45) is 0 Å². The summed E-state index contributed by atoms with van der Waals surface area (Å²) in [5, 5.41) is 11.2. The lowest BCUT2D eigenvalue weighted by molar-refractivity contribution is 0.290. The Hall–Kier alpha value is -2.31. The van der Waals surface area contributed by atoms with E-state index in [2.05, 4.69) is 15.2 Å². The predicted molar refractivity (Wildman–Crippen MR) is 127 cm³/mol. The molecule has 1 aromatic heterocycles. The van der Waals surface area contributed by atoms with Crippen molar-refractivity contribution in [3.63, 3.8) is 0 Å². The molecule has 0 aliphatic rings. The molecule has 31 heavy (non-hydrogen) atoms. The second-order valence-electron chi connectivity index (χ2n) is 6.59. The smallest absolute Gasteiger partial charge is 0.245 e. The van der Waals surface area contributed by atoms with Crippen molar-refractivity contribution in [3.05, 3.63) is 99.0 Å². The van der Waals surface area contributed by atoms with Crippen molar-refractivity contribution in [1.82, 2.24) is 15.2 Å². The minimum absolute atomic E-state index is 0.331. The van der Waals surface area contributed by atoms with Gasteiger partial charge in [-0.2, -0.15) is 4.98 Å². The maximum atomic E-state index is 6.04. The summed E-state index contributed by atoms with van der Waals surface area (Å²) in [6, 6.07) is 22.5. The van der Waals surface area contributed by atoms with Gasteiger partial charge < -0.3 is 4.74 Å². The van der Waals surface area contributed by atoms with Crippen molar-refractivity contribution >= 4 is 46.6 Å². The summed E-state index contributed by atoms with van der Waals surface area (Å²) in [6.07, 6.45) is 0. The summed E-state index contributed by atoms with van der Waals surface area (Å²) in [5.74, 6) is 1.10. The van der Waals surface area contributed by atoms with Crippen LogP contribution in [0.2, 0.25) is 15.1 Å². The van der Waals surface area contributed by atoms with E-state index in [4.69, 9.17) is 39.5 Å². The van der Waals surface area contributed by atoms with Crippen molar-refractivity contribution in [3.8, 4) is 17.1 Å². The van der Waals surface area contributed by atoms with E-state index in [-0.39, 0.29) is 0 Å². The lowest BCUT2D eigenvalue weighted by atomic mass is 10.1. The summed E-state index contributed by atoms with van der Waals surface area (Å²) in [6.45, 7) is 0.331. The number of benzene rings is 3. The third-order valence-electron chi connectivity index (χ3n) is 4.32. The van der Waals surface area contributed by atoms with Crippen LogP contribution < -0.4 is 4.74 Å². The number of halogens is 3. The van der Waals surface area contributed by atoms with Gasteiger partial charge in [0.2, 0.25) is 11.0 Å². The number of nitrogens with zero attached hydrogens (tertiary/aromatic N) is 3. The van der Waals surface area contributed by atoms with Crippen LogP contribution in [0, 0.1) is 0 Å². The maximum absolute atomic E-state index is 6.04. The maximum Gasteiger partial charge on any atom is 0.245 e. The van der Waals surface area contributed by atoms with Crippen LogP contribution in [0.4, 0.5) is 0 Å². The number of aromatic nitrogens is 3. The first-order chi connectivity index (χ1) is 15.1. The summed E-state index contributed by atoms with van der Waals surface area (Å²) < 4.78 is 6.04. The van der Waals surface area contributed by atoms with E-state index >= 15 is 0 Å². The Kier molecular flexibility index (Phi) is 7.30. The monoisotopic (exact) mass is 487 g/mol. The predicted octanol–water partition coefficient (Wildman–Crippen LogP) is 7.37. The first-order valence-corrected chi connectivity index (χ1v) is 11.4. The Labute approximate surface area is 199 Å². The van der Waals surface area contributed by atoms with Gasteiger partial charge in [0.1, 0.15) is 6.61 Å². The highest BCUT2D eigenvalue weighted by molar-refractivity contribution is 7.98. The van der Waals surface area contributed by atoms with E-state index in [9.17, 15) is 0 Å². The Morgan fingerprint density at radius 1 is 0.677 bits per heavy atom. The molecule has 0 amide bonds. The van der Waals surface area contributed by atoms with E-state index in [1.165, 1.54) is 11.8 Å². The molecule has 0 aliphatic heterocycles. The molecular formula is C23H16Cl3N3OS. The van der Waals surface area contributed by atoms with E-state index in [0.717, 1.165) is 16.7 Å². The van der Waals surface area contributed by atoms with Gasteiger partial charge in [-0.3, -0.25) is 0 Å². The Morgan fingerprint density at radius 3 is 1.84 bits per heavy atom. The minimum atomic E-state index is 0.331. The van der Waals surface area contributed by atoms with Gasteiger partial charge in [-0.1, -0.05) is 83.0 Å². The molecule has 0 aliphatic carbocycles. The molecule has 4 rings (SSSR count). The molecule has 0 unspecified atom stereocenters. The first-order valence-electron chi connectivity index (χ1n) is 9.32. The van der Waals surface area contributed by atoms with Crippen molar-refractivity contribution in [1.29, 1.82) is 0 Å². The SMILES string of the molecule is Clc1ccc(COc2nc(SCc3ccc(Cl)cc3)nnc2-c2ccc(Cl)cc2)cc1. The highest BCUT2D eigenvalue weighted by Gasteiger charge is 2.14. The summed E-state index contributed by atoms with van der Waals surface area (Å²) in [5.41, 5.74) is 3.47. The third-order valence-corrected chi connectivity index (χ3v) is 5.99. The average molecular weight is 489 g/mol. The zero-order valence-electron chi connectivity index (χ0n) is 16.1. The Balaban J connectivity index is 1.57. The van der Waals surface area contributed by atoms with Crippen molar-refractivity contribution in [2.75, 3.05) is 0 Å². The second kappa shape index (κ2) is 10.3. The number of hydrogen-bond donors (Lipinski definition) is 0. The number of ether oxygens (including phenoxy) is 1. The molecule has 156 valence electrons. The van der Waals surface area contributed by atoms with Gasteiger partial charge in [-0.15, -0.1) is 10.2 Å². The van der Waals surface area contributed by atoms with Crippen LogP contribution in [0.3, 0.4) is 0 Å². The van der Waals surface area contributed by atoms with Crippen LogP contribution in [-0.4, -0.2) is 15.2 Å². The Morgan fingerprint density at radius 2 is 1.23 bits per heavy atom. The molecule has 0 N–H and O–H groups in total. The van der Waals surface area contributed by atoms with Crippen LogP contribution in [0.1, 0.15) is 11.1 Å². The van der Waals surface area contributed by atoms with E-state index in [1.807, 2.05) is 60.7 Å². The first kappa shape index (κ1) is 21.9. The highest BCUT2D eigenvalue weighted by atomic mass is 35.5. The minimum Gasteiger partial charge on any atom is -0.471 e. The topological polar surface area (TPSA) is 47.9 Å². The standard InChI is InChI=1S/C23H16Cl3N3OS/c24-18-7-1-15(2-8-18)13-30-22-21(17-5-11-20(26)12-6-17)28-29-23(27-22)31-14-16-3-9-19(25)10-4-16/h1-12H,13-14H2. The molecule has 1 heterocycles. The van der Waals surface area contributed by atoms with Gasteiger partial charge in [0.25, 0.3) is 0 Å². The molecule has 0 saturated heterocycles.